The maximum Gasteiger partial charge on any atom is 0.338 e. The molecule has 6 nitrogen and oxygen atoms in total. The summed E-state index contributed by atoms with van der Waals surface area (Å²) in [7, 11) is 0. The summed E-state index contributed by atoms with van der Waals surface area (Å²) in [6.07, 6.45) is 3.91. The van der Waals surface area contributed by atoms with Crippen molar-refractivity contribution < 1.29 is 9.53 Å². The van der Waals surface area contributed by atoms with Crippen LogP contribution in [-0.4, -0.2) is 21.7 Å². The van der Waals surface area contributed by atoms with Gasteiger partial charge in [0.2, 0.25) is 0 Å². The first kappa shape index (κ1) is 31.2. The standard InChI is InChI=1S/C37H26Cl3N3O3S/c1-2-46-36(45)32-33(22-8-4-3-5-9-22)41-37-43(34(32)23-12-15-26(38)16-13-23)35(44)31(47-37)18-25-21-42(30-11-7-6-10-28(25)30)20-24-14-17-27(39)19-29(24)40/h3-19,21,34H,2,20H2,1H3/b31-18+. The summed E-state index contributed by atoms with van der Waals surface area (Å²) in [5, 5.41) is 2.68. The number of halogens is 3. The minimum atomic E-state index is -0.784. The predicted octanol–water partition coefficient (Wildman–Crippen LogP) is 7.90. The van der Waals surface area contributed by atoms with Crippen molar-refractivity contribution in [1.82, 2.24) is 9.13 Å². The number of aromatic nitrogens is 2. The first-order valence-electron chi connectivity index (χ1n) is 14.9. The van der Waals surface area contributed by atoms with Gasteiger partial charge in [0, 0.05) is 49.8 Å². The quantitative estimate of drug-likeness (QED) is 0.159. The Morgan fingerprint density at radius 3 is 2.40 bits per heavy atom. The van der Waals surface area contributed by atoms with Crippen molar-refractivity contribution in [2.45, 2.75) is 19.5 Å². The van der Waals surface area contributed by atoms with Gasteiger partial charge >= 0.3 is 5.97 Å². The van der Waals surface area contributed by atoms with Crippen molar-refractivity contribution >= 4 is 74.8 Å². The molecule has 0 fully saturated rings. The molecule has 0 aliphatic carbocycles. The van der Waals surface area contributed by atoms with Crippen LogP contribution in [0.25, 0.3) is 22.7 Å². The molecule has 0 saturated heterocycles. The Morgan fingerprint density at radius 1 is 0.936 bits per heavy atom. The highest BCUT2D eigenvalue weighted by molar-refractivity contribution is 7.07. The molecule has 1 aliphatic heterocycles. The van der Waals surface area contributed by atoms with Gasteiger partial charge in [0.15, 0.2) is 4.80 Å². The second-order valence-electron chi connectivity index (χ2n) is 10.9. The molecule has 6 aromatic rings. The first-order valence-corrected chi connectivity index (χ1v) is 16.8. The molecule has 1 aliphatic rings. The van der Waals surface area contributed by atoms with Crippen LogP contribution in [0.15, 0.2) is 119 Å². The molecular formula is C37H26Cl3N3O3S. The zero-order chi connectivity index (χ0) is 32.7. The molecule has 0 radical (unpaired) electrons. The van der Waals surface area contributed by atoms with E-state index in [1.54, 1.807) is 29.7 Å². The van der Waals surface area contributed by atoms with Gasteiger partial charge in [0.1, 0.15) is 0 Å². The van der Waals surface area contributed by atoms with E-state index in [0.29, 0.717) is 42.2 Å². The fourth-order valence-corrected chi connectivity index (χ4v) is 7.48. The van der Waals surface area contributed by atoms with Gasteiger partial charge in [0.25, 0.3) is 5.56 Å². The van der Waals surface area contributed by atoms with E-state index in [2.05, 4.69) is 4.57 Å². The Labute approximate surface area is 289 Å². The number of para-hydroxylation sites is 1. The molecule has 3 heterocycles. The van der Waals surface area contributed by atoms with E-state index < -0.39 is 12.0 Å². The fraction of sp³-hybridized carbons (Fsp3) is 0.108. The largest absolute Gasteiger partial charge is 0.463 e. The molecular weight excluding hydrogens is 673 g/mol. The Morgan fingerprint density at radius 2 is 1.66 bits per heavy atom. The van der Waals surface area contributed by atoms with Gasteiger partial charge in [-0.3, -0.25) is 9.36 Å². The van der Waals surface area contributed by atoms with Crippen molar-refractivity contribution in [3.05, 3.63) is 166 Å². The summed E-state index contributed by atoms with van der Waals surface area (Å²) in [5.41, 5.74) is 4.73. The van der Waals surface area contributed by atoms with Crippen molar-refractivity contribution in [3.8, 4) is 0 Å². The third kappa shape index (κ3) is 5.96. The van der Waals surface area contributed by atoms with E-state index >= 15 is 0 Å². The first-order chi connectivity index (χ1) is 22.8. The van der Waals surface area contributed by atoms with Crippen molar-refractivity contribution in [1.29, 1.82) is 0 Å². The summed E-state index contributed by atoms with van der Waals surface area (Å²) in [5.74, 6) is -0.534. The van der Waals surface area contributed by atoms with Gasteiger partial charge in [0.05, 0.1) is 28.5 Å². The van der Waals surface area contributed by atoms with Crippen LogP contribution in [0.2, 0.25) is 15.1 Å². The lowest BCUT2D eigenvalue weighted by Gasteiger charge is -2.25. The highest BCUT2D eigenvalue weighted by Gasteiger charge is 2.35. The maximum atomic E-state index is 14.4. The van der Waals surface area contributed by atoms with Crippen LogP contribution in [0, 0.1) is 0 Å². The average molecular weight is 699 g/mol. The van der Waals surface area contributed by atoms with Crippen LogP contribution < -0.4 is 14.9 Å². The van der Waals surface area contributed by atoms with Crippen LogP contribution in [0.3, 0.4) is 0 Å². The van der Waals surface area contributed by atoms with Gasteiger partial charge < -0.3 is 9.30 Å². The van der Waals surface area contributed by atoms with Gasteiger partial charge in [-0.2, -0.15) is 0 Å². The van der Waals surface area contributed by atoms with E-state index in [1.165, 1.54) is 11.3 Å². The van der Waals surface area contributed by atoms with E-state index in [0.717, 1.165) is 27.6 Å². The Hall–Kier alpha value is -4.40. The molecule has 234 valence electrons. The van der Waals surface area contributed by atoms with Crippen LogP contribution in [0.5, 0.6) is 0 Å². The van der Waals surface area contributed by atoms with E-state index in [9.17, 15) is 9.59 Å². The summed E-state index contributed by atoms with van der Waals surface area (Å²) >= 11 is 20.2. The van der Waals surface area contributed by atoms with Crippen molar-refractivity contribution in [2.75, 3.05) is 6.61 Å². The molecule has 10 heteroatoms. The average Bonchev–Trinajstić information content (AvgIpc) is 3.58. The van der Waals surface area contributed by atoms with E-state index in [1.807, 2.05) is 91.1 Å². The van der Waals surface area contributed by atoms with Crippen LogP contribution in [0.4, 0.5) is 0 Å². The minimum absolute atomic E-state index is 0.174. The zero-order valence-corrected chi connectivity index (χ0v) is 28.1. The van der Waals surface area contributed by atoms with Gasteiger partial charge in [-0.05, 0) is 54.5 Å². The lowest BCUT2D eigenvalue weighted by molar-refractivity contribution is -0.138. The predicted molar refractivity (Wildman–Crippen MR) is 190 cm³/mol. The fourth-order valence-electron chi connectivity index (χ4n) is 5.90. The number of hydrogen-bond donors (Lipinski definition) is 0. The van der Waals surface area contributed by atoms with Crippen molar-refractivity contribution in [2.24, 2.45) is 4.99 Å². The highest BCUT2D eigenvalue weighted by Crippen LogP contribution is 2.35. The molecule has 0 saturated carbocycles. The third-order valence-corrected chi connectivity index (χ3v) is 9.84. The summed E-state index contributed by atoms with van der Waals surface area (Å²) in [6.45, 7) is 2.45. The maximum absolute atomic E-state index is 14.4. The number of thiazole rings is 1. The lowest BCUT2D eigenvalue weighted by Crippen LogP contribution is -2.40. The van der Waals surface area contributed by atoms with E-state index in [4.69, 9.17) is 44.5 Å². The molecule has 4 aromatic carbocycles. The Balaban J connectivity index is 1.44. The number of hydrogen-bond acceptors (Lipinski definition) is 5. The number of carbonyl (C=O) groups is 1. The molecule has 7 rings (SSSR count). The van der Waals surface area contributed by atoms with Gasteiger partial charge in [-0.15, -0.1) is 0 Å². The number of nitrogens with zero attached hydrogens (tertiary/aromatic N) is 3. The Bertz CT molecular complexity index is 2380. The topological polar surface area (TPSA) is 65.6 Å². The van der Waals surface area contributed by atoms with E-state index in [-0.39, 0.29) is 17.7 Å². The molecule has 47 heavy (non-hydrogen) atoms. The molecule has 2 aromatic heterocycles. The SMILES string of the molecule is CCOC(=O)C1=C(c2ccccc2)N=c2s/c(=C/c3cn(Cc4ccc(Cl)cc4Cl)c4ccccc34)c(=O)n2C1c1ccc(Cl)cc1. The molecule has 0 amide bonds. The van der Waals surface area contributed by atoms with Gasteiger partial charge in [-0.1, -0.05) is 113 Å². The highest BCUT2D eigenvalue weighted by atomic mass is 35.5. The number of fused-ring (bicyclic) bond motifs is 2. The summed E-state index contributed by atoms with van der Waals surface area (Å²) in [4.78, 5) is 33.5. The second kappa shape index (κ2) is 13.0. The summed E-state index contributed by atoms with van der Waals surface area (Å²) < 4.78 is 9.73. The molecule has 1 unspecified atom stereocenters. The number of carbonyl (C=O) groups excluding carboxylic acids is 1. The monoisotopic (exact) mass is 697 g/mol. The smallest absolute Gasteiger partial charge is 0.338 e. The lowest BCUT2D eigenvalue weighted by atomic mass is 9.93. The normalized spacial score (nSPS) is 14.7. The number of rotatable bonds is 7. The molecule has 1 atom stereocenters. The zero-order valence-electron chi connectivity index (χ0n) is 25.0. The number of esters is 1. The third-order valence-electron chi connectivity index (χ3n) is 8.02. The van der Waals surface area contributed by atoms with Crippen LogP contribution in [-0.2, 0) is 16.1 Å². The summed E-state index contributed by atoms with van der Waals surface area (Å²) in [6, 6.07) is 29.3. The van der Waals surface area contributed by atoms with Crippen LogP contribution >= 0.6 is 46.1 Å². The molecule has 0 spiro atoms. The molecule has 0 N–H and O–H groups in total. The molecule has 0 bridgehead atoms. The number of benzene rings is 4. The second-order valence-corrected chi connectivity index (χ2v) is 13.2. The minimum Gasteiger partial charge on any atom is -0.463 e. The number of ether oxygens (including phenoxy) is 1. The van der Waals surface area contributed by atoms with Crippen LogP contribution in [0.1, 0.15) is 35.2 Å². The van der Waals surface area contributed by atoms with Gasteiger partial charge in [-0.25, -0.2) is 9.79 Å². The van der Waals surface area contributed by atoms with Crippen molar-refractivity contribution in [3.63, 3.8) is 0 Å². The Kier molecular flexibility index (Phi) is 8.64.